The summed E-state index contributed by atoms with van der Waals surface area (Å²) in [5.41, 5.74) is 3.48. The normalized spacial score (nSPS) is 14.3. The van der Waals surface area contributed by atoms with Gasteiger partial charge in [-0.25, -0.2) is 9.79 Å². The molecule has 0 unspecified atom stereocenters. The summed E-state index contributed by atoms with van der Waals surface area (Å²) in [6.45, 7) is 8.00. The second-order valence-electron chi connectivity index (χ2n) is 9.60. The summed E-state index contributed by atoms with van der Waals surface area (Å²) < 4.78 is 18.9. The summed E-state index contributed by atoms with van der Waals surface area (Å²) in [5.74, 6) is 0.778. The molecule has 1 aliphatic rings. The second-order valence-corrected chi connectivity index (χ2v) is 10.6. The van der Waals surface area contributed by atoms with Crippen molar-refractivity contribution >= 4 is 23.4 Å². The van der Waals surface area contributed by atoms with Gasteiger partial charge in [-0.05, 0) is 61.4 Å². The largest absolute Gasteiger partial charge is 0.490 e. The predicted octanol–water partition coefficient (Wildman–Crippen LogP) is 4.81. The number of carbonyl (C=O) groups is 1. The Labute approximate surface area is 252 Å². The molecule has 4 aromatic rings. The molecule has 0 radical (unpaired) electrons. The number of fused-ring (bicyclic) bond motifs is 1. The fraction of sp³-hybridized carbons (Fsp3) is 0.176. The Balaban J connectivity index is 1.48. The quantitative estimate of drug-likeness (QED) is 0.194. The number of aromatic nitrogens is 1. The van der Waals surface area contributed by atoms with E-state index in [0.29, 0.717) is 44.3 Å². The van der Waals surface area contributed by atoms with Crippen LogP contribution >= 0.6 is 11.3 Å². The van der Waals surface area contributed by atoms with E-state index < -0.39 is 12.0 Å². The van der Waals surface area contributed by atoms with Crippen LogP contribution in [0.1, 0.15) is 42.1 Å². The zero-order valence-corrected chi connectivity index (χ0v) is 24.6. The van der Waals surface area contributed by atoms with Crippen LogP contribution < -0.4 is 24.4 Å². The Morgan fingerprint density at radius 1 is 1.07 bits per heavy atom. The third kappa shape index (κ3) is 6.35. The highest BCUT2D eigenvalue weighted by atomic mass is 32.1. The van der Waals surface area contributed by atoms with E-state index in [1.54, 1.807) is 48.8 Å². The lowest BCUT2D eigenvalue weighted by Gasteiger charge is -2.24. The molecule has 43 heavy (non-hydrogen) atoms. The molecule has 3 aromatic carbocycles. The maximum absolute atomic E-state index is 13.8. The number of rotatable bonds is 10. The molecule has 0 saturated carbocycles. The highest BCUT2D eigenvalue weighted by molar-refractivity contribution is 7.07. The Bertz CT molecular complexity index is 1910. The molecule has 2 heterocycles. The number of ether oxygens (including phenoxy) is 3. The lowest BCUT2D eigenvalue weighted by molar-refractivity contribution is -0.139. The molecule has 0 bridgehead atoms. The number of hydrogen-bond donors (Lipinski definition) is 0. The number of thiazole rings is 1. The molecule has 1 atom stereocenters. The molecular formula is C34H29N3O5S. The van der Waals surface area contributed by atoms with Gasteiger partial charge in [0, 0.05) is 5.56 Å². The fourth-order valence-electron chi connectivity index (χ4n) is 4.74. The molecule has 1 aromatic heterocycles. The number of nitriles is 1. The van der Waals surface area contributed by atoms with Crippen LogP contribution in [0.5, 0.6) is 11.5 Å². The van der Waals surface area contributed by atoms with Gasteiger partial charge in [0.15, 0.2) is 4.80 Å². The average Bonchev–Trinajstić information content (AvgIpc) is 3.33. The molecule has 216 valence electrons. The van der Waals surface area contributed by atoms with E-state index in [-0.39, 0.29) is 18.8 Å². The van der Waals surface area contributed by atoms with E-state index >= 15 is 0 Å². The Kier molecular flexibility index (Phi) is 8.99. The van der Waals surface area contributed by atoms with E-state index in [1.165, 1.54) is 11.3 Å². The van der Waals surface area contributed by atoms with Crippen LogP contribution in [0.3, 0.4) is 0 Å². The minimum Gasteiger partial charge on any atom is -0.490 e. The molecule has 1 aliphatic heterocycles. The van der Waals surface area contributed by atoms with Gasteiger partial charge in [0.1, 0.15) is 24.7 Å². The maximum Gasteiger partial charge on any atom is 0.338 e. The number of nitrogens with zero attached hydrogens (tertiary/aromatic N) is 3. The Morgan fingerprint density at radius 2 is 1.77 bits per heavy atom. The topological polar surface area (TPSA) is 103 Å². The summed E-state index contributed by atoms with van der Waals surface area (Å²) >= 11 is 1.26. The van der Waals surface area contributed by atoms with Gasteiger partial charge in [-0.2, -0.15) is 5.26 Å². The molecule has 5 rings (SSSR count). The van der Waals surface area contributed by atoms with Crippen LogP contribution in [0.4, 0.5) is 0 Å². The van der Waals surface area contributed by atoms with Crippen molar-refractivity contribution in [2.45, 2.75) is 26.5 Å². The summed E-state index contributed by atoms with van der Waals surface area (Å²) in [6, 6.07) is 23.4. The minimum atomic E-state index is -0.710. The summed E-state index contributed by atoms with van der Waals surface area (Å²) in [6.07, 6.45) is 3.46. The summed E-state index contributed by atoms with van der Waals surface area (Å²) in [7, 11) is 0. The molecule has 0 aliphatic carbocycles. The van der Waals surface area contributed by atoms with Crippen molar-refractivity contribution in [1.29, 1.82) is 5.26 Å². The lowest BCUT2D eigenvalue weighted by atomic mass is 9.96. The first-order valence-electron chi connectivity index (χ1n) is 13.7. The third-order valence-corrected chi connectivity index (χ3v) is 7.77. The zero-order valence-electron chi connectivity index (χ0n) is 23.8. The van der Waals surface area contributed by atoms with Crippen molar-refractivity contribution in [2.24, 2.45) is 4.99 Å². The minimum absolute atomic E-state index is 0.200. The smallest absolute Gasteiger partial charge is 0.338 e. The van der Waals surface area contributed by atoms with Crippen molar-refractivity contribution < 1.29 is 19.0 Å². The third-order valence-electron chi connectivity index (χ3n) is 6.79. The van der Waals surface area contributed by atoms with Crippen LogP contribution in [0.25, 0.3) is 6.08 Å². The molecule has 0 N–H and O–H groups in total. The van der Waals surface area contributed by atoms with Crippen LogP contribution in [-0.4, -0.2) is 23.8 Å². The Hall–Kier alpha value is -5.20. The summed E-state index contributed by atoms with van der Waals surface area (Å²) in [4.78, 5) is 32.1. The van der Waals surface area contributed by atoms with Gasteiger partial charge in [-0.1, -0.05) is 66.5 Å². The van der Waals surface area contributed by atoms with E-state index in [1.807, 2.05) is 54.6 Å². The number of carbonyl (C=O) groups excluding carboxylic acids is 1. The van der Waals surface area contributed by atoms with E-state index in [0.717, 1.165) is 16.7 Å². The van der Waals surface area contributed by atoms with Gasteiger partial charge >= 0.3 is 5.97 Å². The number of esters is 1. The van der Waals surface area contributed by atoms with Crippen molar-refractivity contribution in [3.8, 4) is 17.6 Å². The highest BCUT2D eigenvalue weighted by Crippen LogP contribution is 2.31. The fourth-order valence-corrected chi connectivity index (χ4v) is 5.78. The monoisotopic (exact) mass is 591 g/mol. The summed E-state index contributed by atoms with van der Waals surface area (Å²) in [5, 5.41) is 9.30. The SMILES string of the molecule is C=CCOc1ccc([C@@H]2C(C(=O)OCC)=C(C)N=c3s/c(=C\c4ccc(OCc5ccccc5C#N)cc4)c(=O)n32)cc1. The van der Waals surface area contributed by atoms with Crippen LogP contribution in [0.15, 0.2) is 107 Å². The Morgan fingerprint density at radius 3 is 2.47 bits per heavy atom. The molecule has 0 saturated heterocycles. The predicted molar refractivity (Wildman–Crippen MR) is 164 cm³/mol. The number of benzene rings is 3. The van der Waals surface area contributed by atoms with Crippen molar-refractivity contribution in [3.05, 3.63) is 139 Å². The average molecular weight is 592 g/mol. The van der Waals surface area contributed by atoms with Gasteiger partial charge < -0.3 is 14.2 Å². The van der Waals surface area contributed by atoms with Crippen LogP contribution in [0, 0.1) is 11.3 Å². The van der Waals surface area contributed by atoms with Crippen molar-refractivity contribution in [1.82, 2.24) is 4.57 Å². The van der Waals surface area contributed by atoms with Crippen molar-refractivity contribution in [3.63, 3.8) is 0 Å². The standard InChI is InChI=1S/C34H29N3O5S/c1-4-18-41-27-16-12-24(13-17-27)31-30(33(39)40-5-2)22(3)36-34-37(31)32(38)29(43-34)19-23-10-14-28(15-11-23)42-21-26-9-7-6-8-25(26)20-35/h4,6-17,19,31H,1,5,18,21H2,2-3H3/b29-19-/t31-/m1/s1. The second kappa shape index (κ2) is 13.2. The maximum atomic E-state index is 13.8. The zero-order chi connectivity index (χ0) is 30.3. The molecule has 9 heteroatoms. The lowest BCUT2D eigenvalue weighted by Crippen LogP contribution is -2.39. The van der Waals surface area contributed by atoms with Gasteiger partial charge in [-0.15, -0.1) is 0 Å². The first kappa shape index (κ1) is 29.3. The first-order valence-corrected chi connectivity index (χ1v) is 14.5. The first-order chi connectivity index (χ1) is 20.9. The van der Waals surface area contributed by atoms with Gasteiger partial charge in [0.2, 0.25) is 0 Å². The number of hydrogen-bond acceptors (Lipinski definition) is 8. The molecule has 0 amide bonds. The van der Waals surface area contributed by atoms with E-state index in [9.17, 15) is 14.9 Å². The molecule has 0 spiro atoms. The van der Waals surface area contributed by atoms with Crippen LogP contribution in [0.2, 0.25) is 0 Å². The van der Waals surface area contributed by atoms with Crippen molar-refractivity contribution in [2.75, 3.05) is 13.2 Å². The van der Waals surface area contributed by atoms with Gasteiger partial charge in [0.25, 0.3) is 5.56 Å². The van der Waals surface area contributed by atoms with Gasteiger partial charge in [-0.3, -0.25) is 9.36 Å². The number of allylic oxidation sites excluding steroid dienone is 1. The molecular weight excluding hydrogens is 562 g/mol. The molecule has 8 nitrogen and oxygen atoms in total. The highest BCUT2D eigenvalue weighted by Gasteiger charge is 2.33. The van der Waals surface area contributed by atoms with E-state index in [2.05, 4.69) is 17.6 Å². The van der Waals surface area contributed by atoms with Gasteiger partial charge in [0.05, 0.1) is 40.1 Å². The van der Waals surface area contributed by atoms with Crippen LogP contribution in [-0.2, 0) is 16.1 Å². The molecule has 0 fully saturated rings. The van der Waals surface area contributed by atoms with E-state index in [4.69, 9.17) is 14.2 Å².